The van der Waals surface area contributed by atoms with E-state index < -0.39 is 0 Å². The number of benzene rings is 1. The van der Waals surface area contributed by atoms with Crippen LogP contribution in [0.5, 0.6) is 0 Å². The van der Waals surface area contributed by atoms with E-state index in [2.05, 4.69) is 16.3 Å². The summed E-state index contributed by atoms with van der Waals surface area (Å²) in [6.07, 6.45) is 0. The molecule has 1 saturated heterocycles. The molecule has 1 unspecified atom stereocenters. The highest BCUT2D eigenvalue weighted by Gasteiger charge is 2.23. The van der Waals surface area contributed by atoms with Crippen LogP contribution in [0.1, 0.15) is 12.5 Å². The zero-order valence-corrected chi connectivity index (χ0v) is 11.9. The Morgan fingerprint density at radius 1 is 1.19 bits per heavy atom. The lowest BCUT2D eigenvalue weighted by Crippen LogP contribution is -2.52. The second kappa shape index (κ2) is 6.74. The molecule has 1 fully saturated rings. The first-order chi connectivity index (χ1) is 10.1. The molecule has 1 aliphatic rings. The molecule has 0 spiro atoms. The number of anilines is 1. The van der Waals surface area contributed by atoms with Crippen molar-refractivity contribution in [1.82, 2.24) is 9.80 Å². The summed E-state index contributed by atoms with van der Waals surface area (Å²) in [6, 6.07) is 10.7. The van der Waals surface area contributed by atoms with Crippen molar-refractivity contribution in [2.24, 2.45) is 0 Å². The van der Waals surface area contributed by atoms with Crippen molar-refractivity contribution in [3.8, 4) is 12.1 Å². The molecule has 1 aromatic rings. The third-order valence-electron chi connectivity index (χ3n) is 3.60. The molecule has 21 heavy (non-hydrogen) atoms. The second-order valence-electron chi connectivity index (χ2n) is 4.95. The fourth-order valence-electron chi connectivity index (χ4n) is 2.22. The van der Waals surface area contributed by atoms with Crippen LogP contribution in [0.2, 0.25) is 0 Å². The summed E-state index contributed by atoms with van der Waals surface area (Å²) in [5.41, 5.74) is 1.24. The molecule has 0 radical (unpaired) electrons. The summed E-state index contributed by atoms with van der Waals surface area (Å²) in [5.74, 6) is 0. The molecule has 0 bridgehead atoms. The van der Waals surface area contributed by atoms with Gasteiger partial charge in [0.15, 0.2) is 0 Å². The van der Waals surface area contributed by atoms with Crippen LogP contribution in [-0.4, -0.2) is 48.1 Å². The monoisotopic (exact) mass is 283 g/mol. The first-order valence-corrected chi connectivity index (χ1v) is 6.84. The highest BCUT2D eigenvalue weighted by molar-refractivity contribution is 5.89. The number of hydrogen-bond acceptors (Lipinski definition) is 4. The van der Waals surface area contributed by atoms with E-state index in [0.717, 1.165) is 0 Å². The van der Waals surface area contributed by atoms with Gasteiger partial charge in [0.2, 0.25) is 0 Å². The molecule has 1 heterocycles. The van der Waals surface area contributed by atoms with Crippen LogP contribution < -0.4 is 5.32 Å². The summed E-state index contributed by atoms with van der Waals surface area (Å²) < 4.78 is 0. The minimum atomic E-state index is -0.149. The molecule has 0 aliphatic carbocycles. The van der Waals surface area contributed by atoms with E-state index >= 15 is 0 Å². The van der Waals surface area contributed by atoms with Gasteiger partial charge in [-0.3, -0.25) is 4.90 Å². The summed E-state index contributed by atoms with van der Waals surface area (Å²) in [6.45, 7) is 4.49. The molecule has 108 valence electrons. The van der Waals surface area contributed by atoms with Crippen molar-refractivity contribution >= 4 is 11.7 Å². The topological polar surface area (TPSA) is 83.2 Å². The molecule has 2 amide bonds. The number of nitriles is 2. The number of nitrogens with one attached hydrogen (secondary N) is 1. The average Bonchev–Trinajstić information content (AvgIpc) is 2.55. The number of urea groups is 1. The van der Waals surface area contributed by atoms with Crippen molar-refractivity contribution in [2.45, 2.75) is 13.0 Å². The Labute approximate surface area is 124 Å². The van der Waals surface area contributed by atoms with Crippen LogP contribution in [0.4, 0.5) is 10.5 Å². The minimum Gasteiger partial charge on any atom is -0.322 e. The van der Waals surface area contributed by atoms with Crippen molar-refractivity contribution in [3.05, 3.63) is 29.8 Å². The van der Waals surface area contributed by atoms with Gasteiger partial charge < -0.3 is 10.2 Å². The number of rotatable bonds is 2. The van der Waals surface area contributed by atoms with Crippen molar-refractivity contribution in [2.75, 3.05) is 31.5 Å². The quantitative estimate of drug-likeness (QED) is 0.894. The normalized spacial score (nSPS) is 16.6. The summed E-state index contributed by atoms with van der Waals surface area (Å²) >= 11 is 0. The Morgan fingerprint density at radius 3 is 2.33 bits per heavy atom. The first-order valence-electron chi connectivity index (χ1n) is 6.84. The molecular formula is C15H17N5O. The van der Waals surface area contributed by atoms with E-state index in [0.29, 0.717) is 37.4 Å². The van der Waals surface area contributed by atoms with Gasteiger partial charge in [-0.25, -0.2) is 4.79 Å². The smallest absolute Gasteiger partial charge is 0.321 e. The maximum Gasteiger partial charge on any atom is 0.321 e. The highest BCUT2D eigenvalue weighted by atomic mass is 16.2. The number of carbonyl (C=O) groups is 1. The van der Waals surface area contributed by atoms with Crippen LogP contribution >= 0.6 is 0 Å². The fourth-order valence-corrected chi connectivity index (χ4v) is 2.22. The Kier molecular flexibility index (Phi) is 4.76. The van der Waals surface area contributed by atoms with E-state index in [1.54, 1.807) is 29.2 Å². The standard InChI is InChI=1S/C15H17N5O/c1-12(10-16)19-6-8-20(9-7-19)15(21)18-14-4-2-13(11-17)3-5-14/h2-5,12H,6-9H2,1H3,(H,18,21). The van der Waals surface area contributed by atoms with Gasteiger partial charge in [-0.1, -0.05) is 0 Å². The van der Waals surface area contributed by atoms with E-state index in [-0.39, 0.29) is 12.1 Å². The lowest BCUT2D eigenvalue weighted by Gasteiger charge is -2.35. The van der Waals surface area contributed by atoms with Crippen LogP contribution in [0.15, 0.2) is 24.3 Å². The molecule has 1 atom stereocenters. The Bertz CT molecular complexity index is 576. The Morgan fingerprint density at radius 2 is 1.81 bits per heavy atom. The summed E-state index contributed by atoms with van der Waals surface area (Å²) in [4.78, 5) is 15.9. The van der Waals surface area contributed by atoms with Crippen molar-refractivity contribution in [1.29, 1.82) is 10.5 Å². The maximum absolute atomic E-state index is 12.1. The van der Waals surface area contributed by atoms with Crippen LogP contribution in [0, 0.1) is 22.7 Å². The zero-order chi connectivity index (χ0) is 15.2. The molecule has 6 heteroatoms. The third kappa shape index (κ3) is 3.71. The van der Waals surface area contributed by atoms with E-state index in [4.69, 9.17) is 10.5 Å². The van der Waals surface area contributed by atoms with Crippen LogP contribution in [0.3, 0.4) is 0 Å². The number of piperazine rings is 1. The molecule has 6 nitrogen and oxygen atoms in total. The predicted molar refractivity (Wildman–Crippen MR) is 78.4 cm³/mol. The zero-order valence-electron chi connectivity index (χ0n) is 11.9. The van der Waals surface area contributed by atoms with E-state index in [1.807, 2.05) is 13.0 Å². The van der Waals surface area contributed by atoms with Crippen LogP contribution in [0.25, 0.3) is 0 Å². The van der Waals surface area contributed by atoms with E-state index in [9.17, 15) is 4.79 Å². The molecule has 1 aromatic carbocycles. The van der Waals surface area contributed by atoms with Gasteiger partial charge in [0.25, 0.3) is 0 Å². The molecule has 1 aliphatic heterocycles. The highest BCUT2D eigenvalue weighted by Crippen LogP contribution is 2.11. The van der Waals surface area contributed by atoms with E-state index in [1.165, 1.54) is 0 Å². The summed E-state index contributed by atoms with van der Waals surface area (Å²) in [7, 11) is 0. The van der Waals surface area contributed by atoms with Gasteiger partial charge in [-0.05, 0) is 31.2 Å². The van der Waals surface area contributed by atoms with Gasteiger partial charge in [0, 0.05) is 31.9 Å². The number of nitrogens with zero attached hydrogens (tertiary/aromatic N) is 4. The third-order valence-corrected chi connectivity index (χ3v) is 3.60. The summed E-state index contributed by atoms with van der Waals surface area (Å²) in [5, 5.41) is 20.4. The lowest BCUT2D eigenvalue weighted by atomic mass is 10.2. The predicted octanol–water partition coefficient (Wildman–Crippen LogP) is 1.62. The number of hydrogen-bond donors (Lipinski definition) is 1. The SMILES string of the molecule is CC(C#N)N1CCN(C(=O)Nc2ccc(C#N)cc2)CC1. The largest absolute Gasteiger partial charge is 0.322 e. The number of amides is 2. The first kappa shape index (κ1) is 14.8. The Balaban J connectivity index is 1.87. The second-order valence-corrected chi connectivity index (χ2v) is 4.95. The maximum atomic E-state index is 12.1. The van der Waals surface area contributed by atoms with Gasteiger partial charge in [0.1, 0.15) is 0 Å². The number of carbonyl (C=O) groups excluding carboxylic acids is 1. The average molecular weight is 283 g/mol. The Hall–Kier alpha value is -2.57. The fraction of sp³-hybridized carbons (Fsp3) is 0.400. The molecule has 2 rings (SSSR count). The van der Waals surface area contributed by atoms with Crippen molar-refractivity contribution < 1.29 is 4.79 Å². The molecule has 1 N–H and O–H groups in total. The van der Waals surface area contributed by atoms with Gasteiger partial charge in [-0.2, -0.15) is 10.5 Å². The lowest BCUT2D eigenvalue weighted by molar-refractivity contribution is 0.135. The minimum absolute atomic E-state index is 0.117. The van der Waals surface area contributed by atoms with Crippen LogP contribution in [-0.2, 0) is 0 Å². The van der Waals surface area contributed by atoms with Gasteiger partial charge in [0.05, 0.1) is 23.7 Å². The van der Waals surface area contributed by atoms with Gasteiger partial charge in [-0.15, -0.1) is 0 Å². The molecular weight excluding hydrogens is 266 g/mol. The van der Waals surface area contributed by atoms with Crippen molar-refractivity contribution in [3.63, 3.8) is 0 Å². The molecule has 0 aromatic heterocycles. The van der Waals surface area contributed by atoms with Gasteiger partial charge >= 0.3 is 6.03 Å². The molecule has 0 saturated carbocycles.